The first-order valence-corrected chi connectivity index (χ1v) is 8.37. The van der Waals surface area contributed by atoms with Gasteiger partial charge in [-0.2, -0.15) is 4.72 Å². The van der Waals surface area contributed by atoms with Gasteiger partial charge < -0.3 is 0 Å². The van der Waals surface area contributed by atoms with Crippen LogP contribution in [0.4, 0.5) is 0 Å². The van der Waals surface area contributed by atoms with Gasteiger partial charge in [0, 0.05) is 4.88 Å². The molecule has 0 aliphatic rings. The highest BCUT2D eigenvalue weighted by molar-refractivity contribution is 7.89. The van der Waals surface area contributed by atoms with Gasteiger partial charge in [0.15, 0.2) is 0 Å². The molecule has 0 saturated heterocycles. The maximum absolute atomic E-state index is 12.3. The van der Waals surface area contributed by atoms with Crippen LogP contribution in [0.2, 0.25) is 0 Å². The summed E-state index contributed by atoms with van der Waals surface area (Å²) in [5.41, 5.74) is 3.66. The Morgan fingerprint density at radius 2 is 2.00 bits per heavy atom. The van der Waals surface area contributed by atoms with Crippen molar-refractivity contribution < 1.29 is 8.42 Å². The van der Waals surface area contributed by atoms with Crippen LogP contribution in [0, 0.1) is 6.92 Å². The number of thiophene rings is 1. The number of sulfonamides is 1. The van der Waals surface area contributed by atoms with Gasteiger partial charge in [-0.1, -0.05) is 30.3 Å². The maximum atomic E-state index is 12.3. The number of hydrogen-bond acceptors (Lipinski definition) is 3. The van der Waals surface area contributed by atoms with Gasteiger partial charge in [-0.25, -0.2) is 8.42 Å². The highest BCUT2D eigenvalue weighted by atomic mass is 32.2. The van der Waals surface area contributed by atoms with Gasteiger partial charge in [0.2, 0.25) is 10.0 Å². The molecule has 1 N–H and O–H groups in total. The number of nitrogens with one attached hydrogen (secondary N) is 1. The van der Waals surface area contributed by atoms with Crippen molar-refractivity contribution in [1.82, 2.24) is 4.72 Å². The Morgan fingerprint density at radius 1 is 1.30 bits per heavy atom. The van der Waals surface area contributed by atoms with Gasteiger partial charge in [0.25, 0.3) is 0 Å². The van der Waals surface area contributed by atoms with Crippen LogP contribution in [0.25, 0.3) is 0 Å². The molecule has 0 bridgehead atoms. The van der Waals surface area contributed by atoms with Gasteiger partial charge in [-0.05, 0) is 36.6 Å². The highest BCUT2D eigenvalue weighted by Gasteiger charge is 2.20. The minimum Gasteiger partial charge on any atom is -0.207 e. The van der Waals surface area contributed by atoms with E-state index in [9.17, 15) is 8.42 Å². The summed E-state index contributed by atoms with van der Waals surface area (Å²) in [6, 6.07) is 10.1. The monoisotopic (exact) mass is 305 g/mol. The second-order valence-corrected chi connectivity index (χ2v) is 6.99. The van der Waals surface area contributed by atoms with E-state index in [1.807, 2.05) is 24.4 Å². The van der Waals surface area contributed by atoms with Crippen molar-refractivity contribution in [2.75, 3.05) is 0 Å². The summed E-state index contributed by atoms with van der Waals surface area (Å²) in [5.74, 6) is 0. The molecule has 1 aromatic heterocycles. The predicted molar refractivity (Wildman–Crippen MR) is 82.3 cm³/mol. The third kappa shape index (κ3) is 3.46. The number of benzene rings is 1. The summed E-state index contributed by atoms with van der Waals surface area (Å²) in [6.45, 7) is 5.43. The number of rotatable bonds is 5. The second kappa shape index (κ2) is 6.20. The minimum atomic E-state index is -3.57. The van der Waals surface area contributed by atoms with Crippen molar-refractivity contribution in [1.29, 1.82) is 0 Å². The fourth-order valence-corrected chi connectivity index (χ4v) is 3.69. The van der Waals surface area contributed by atoms with Crippen molar-refractivity contribution in [3.8, 4) is 0 Å². The van der Waals surface area contributed by atoms with Crippen LogP contribution in [0.3, 0.4) is 0 Å². The average molecular weight is 305 g/mol. The molecule has 3 nitrogen and oxygen atoms in total. The summed E-state index contributed by atoms with van der Waals surface area (Å²) in [6.07, 6.45) is 1.61. The van der Waals surface area contributed by atoms with Gasteiger partial charge in [0.05, 0.1) is 10.9 Å². The molecule has 5 heteroatoms. The third-order valence-electron chi connectivity index (χ3n) is 2.75. The molecule has 0 fully saturated rings. The zero-order valence-electron chi connectivity index (χ0n) is 11.0. The molecule has 0 aliphatic carbocycles. The second-order valence-electron chi connectivity index (χ2n) is 4.30. The van der Waals surface area contributed by atoms with Crippen LogP contribution in [-0.4, -0.2) is 8.42 Å². The SMILES string of the molecule is C=C=CC(NS(=O)(=O)c1ccc(C)cc1)c1cccs1. The molecular formula is C15H15NO2S2. The van der Waals surface area contributed by atoms with Crippen LogP contribution in [0.1, 0.15) is 16.5 Å². The Hall–Kier alpha value is -1.65. The van der Waals surface area contributed by atoms with Gasteiger partial charge in [0.1, 0.15) is 0 Å². The van der Waals surface area contributed by atoms with E-state index < -0.39 is 16.1 Å². The molecule has 1 heterocycles. The lowest BCUT2D eigenvalue weighted by Crippen LogP contribution is -2.27. The van der Waals surface area contributed by atoms with Crippen LogP contribution < -0.4 is 4.72 Å². The lowest BCUT2D eigenvalue weighted by atomic mass is 10.2. The summed E-state index contributed by atoms with van der Waals surface area (Å²) >= 11 is 1.48. The molecule has 2 rings (SSSR count). The van der Waals surface area contributed by atoms with Crippen LogP contribution in [0.5, 0.6) is 0 Å². The van der Waals surface area contributed by atoms with E-state index in [0.717, 1.165) is 10.4 Å². The summed E-state index contributed by atoms with van der Waals surface area (Å²) < 4.78 is 27.4. The van der Waals surface area contributed by atoms with Crippen molar-refractivity contribution in [3.63, 3.8) is 0 Å². The highest BCUT2D eigenvalue weighted by Crippen LogP contribution is 2.22. The summed E-state index contributed by atoms with van der Waals surface area (Å²) in [7, 11) is -3.57. The predicted octanol–water partition coefficient (Wildman–Crippen LogP) is 3.42. The number of hydrogen-bond donors (Lipinski definition) is 1. The molecule has 104 valence electrons. The van der Waals surface area contributed by atoms with E-state index in [1.165, 1.54) is 11.3 Å². The first kappa shape index (κ1) is 14.8. The molecule has 1 atom stereocenters. The average Bonchev–Trinajstić information content (AvgIpc) is 2.92. The van der Waals surface area contributed by atoms with Crippen LogP contribution in [-0.2, 0) is 10.0 Å². The zero-order valence-corrected chi connectivity index (χ0v) is 12.7. The quantitative estimate of drug-likeness (QED) is 0.860. The first-order valence-electron chi connectivity index (χ1n) is 6.01. The lowest BCUT2D eigenvalue weighted by Gasteiger charge is -2.13. The third-order valence-corrected chi connectivity index (χ3v) is 5.16. The fraction of sp³-hybridized carbons (Fsp3) is 0.133. The van der Waals surface area contributed by atoms with Crippen molar-refractivity contribution >= 4 is 21.4 Å². The zero-order chi connectivity index (χ0) is 14.6. The van der Waals surface area contributed by atoms with Crippen molar-refractivity contribution in [3.05, 3.63) is 70.6 Å². The molecule has 20 heavy (non-hydrogen) atoms. The standard InChI is InChI=1S/C15H15NO2S2/c1-3-5-14(15-6-4-11-19-15)16-20(17,18)13-9-7-12(2)8-10-13/h4-11,14,16H,1H2,2H3. The Bertz CT molecular complexity index is 710. The van der Waals surface area contributed by atoms with Gasteiger partial charge in [-0.3, -0.25) is 0 Å². The molecule has 0 amide bonds. The van der Waals surface area contributed by atoms with E-state index in [-0.39, 0.29) is 4.90 Å². The first-order chi connectivity index (χ1) is 9.53. The normalized spacial score (nSPS) is 12.7. The molecular weight excluding hydrogens is 290 g/mol. The van der Waals surface area contributed by atoms with E-state index in [2.05, 4.69) is 17.0 Å². The Kier molecular flexibility index (Phi) is 4.57. The maximum Gasteiger partial charge on any atom is 0.241 e. The van der Waals surface area contributed by atoms with E-state index in [0.29, 0.717) is 0 Å². The largest absolute Gasteiger partial charge is 0.241 e. The Morgan fingerprint density at radius 3 is 2.55 bits per heavy atom. The van der Waals surface area contributed by atoms with Crippen molar-refractivity contribution in [2.24, 2.45) is 0 Å². The molecule has 0 aliphatic heterocycles. The smallest absolute Gasteiger partial charge is 0.207 e. The fourth-order valence-electron chi connectivity index (χ4n) is 1.71. The van der Waals surface area contributed by atoms with E-state index in [4.69, 9.17) is 0 Å². The molecule has 2 aromatic rings. The van der Waals surface area contributed by atoms with Crippen LogP contribution in [0.15, 0.2) is 65.1 Å². The molecule has 1 aromatic carbocycles. The Balaban J connectivity index is 2.30. The topological polar surface area (TPSA) is 46.2 Å². The van der Waals surface area contributed by atoms with E-state index in [1.54, 1.807) is 30.3 Å². The molecule has 1 unspecified atom stereocenters. The van der Waals surface area contributed by atoms with Gasteiger partial charge in [-0.15, -0.1) is 17.1 Å². The lowest BCUT2D eigenvalue weighted by molar-refractivity contribution is 0.575. The summed E-state index contributed by atoms with van der Waals surface area (Å²) in [4.78, 5) is 1.15. The number of aryl methyl sites for hydroxylation is 1. The van der Waals surface area contributed by atoms with Crippen molar-refractivity contribution in [2.45, 2.75) is 17.9 Å². The molecule has 0 saturated carbocycles. The van der Waals surface area contributed by atoms with Gasteiger partial charge >= 0.3 is 0 Å². The Labute approximate surface area is 123 Å². The summed E-state index contributed by atoms with van der Waals surface area (Å²) in [5, 5.41) is 1.90. The minimum absolute atomic E-state index is 0.252. The molecule has 0 radical (unpaired) electrons. The van der Waals surface area contributed by atoms with Crippen LogP contribution >= 0.6 is 11.3 Å². The van der Waals surface area contributed by atoms with E-state index >= 15 is 0 Å². The molecule has 0 spiro atoms.